The van der Waals surface area contributed by atoms with Crippen molar-refractivity contribution in [1.29, 1.82) is 0 Å². The van der Waals surface area contributed by atoms with Gasteiger partial charge in [-0.05, 0) is 37.8 Å². The Labute approximate surface area is 165 Å². The minimum Gasteiger partial charge on any atom is -0.465 e. The van der Waals surface area contributed by atoms with Crippen LogP contribution >= 0.6 is 0 Å². The molecular formula is C21H20N4O4. The number of fused-ring (bicyclic) bond motifs is 1. The third kappa shape index (κ3) is 3.20. The van der Waals surface area contributed by atoms with Crippen LogP contribution in [0.4, 0.5) is 5.82 Å². The smallest absolute Gasteiger partial charge is 0.340 e. The predicted molar refractivity (Wildman–Crippen MR) is 107 cm³/mol. The molecule has 0 radical (unpaired) electrons. The van der Waals surface area contributed by atoms with Crippen molar-refractivity contribution < 1.29 is 14.3 Å². The molecule has 3 aromatic heterocycles. The van der Waals surface area contributed by atoms with E-state index in [-0.39, 0.29) is 23.4 Å². The van der Waals surface area contributed by atoms with Crippen molar-refractivity contribution in [1.82, 2.24) is 14.5 Å². The van der Waals surface area contributed by atoms with E-state index in [0.29, 0.717) is 22.3 Å². The number of carbonyl (C=O) groups is 2. The van der Waals surface area contributed by atoms with E-state index in [2.05, 4.69) is 15.3 Å². The summed E-state index contributed by atoms with van der Waals surface area (Å²) in [4.78, 5) is 44.1. The summed E-state index contributed by atoms with van der Waals surface area (Å²) in [5.74, 6) is -0.158. The summed E-state index contributed by atoms with van der Waals surface area (Å²) in [6.07, 6.45) is 7.02. The van der Waals surface area contributed by atoms with Crippen LogP contribution < -0.4 is 10.9 Å². The zero-order chi connectivity index (χ0) is 20.1. The van der Waals surface area contributed by atoms with Crippen LogP contribution in [0.3, 0.4) is 0 Å². The minimum atomic E-state index is -0.504. The highest BCUT2D eigenvalue weighted by Crippen LogP contribution is 2.36. The van der Waals surface area contributed by atoms with Crippen LogP contribution in [0, 0.1) is 5.92 Å². The number of esters is 1. The Morgan fingerprint density at radius 3 is 2.72 bits per heavy atom. The largest absolute Gasteiger partial charge is 0.465 e. The number of hydrogen-bond acceptors (Lipinski definition) is 5. The van der Waals surface area contributed by atoms with Crippen LogP contribution in [0.5, 0.6) is 0 Å². The molecular weight excluding hydrogens is 372 g/mol. The van der Waals surface area contributed by atoms with Gasteiger partial charge in [0.2, 0.25) is 5.91 Å². The fourth-order valence-corrected chi connectivity index (χ4v) is 3.51. The molecule has 0 atom stereocenters. The van der Waals surface area contributed by atoms with E-state index in [9.17, 15) is 14.4 Å². The number of amides is 1. The average Bonchev–Trinajstić information content (AvgIpc) is 3.64. The lowest BCUT2D eigenvalue weighted by atomic mass is 10.1. The monoisotopic (exact) mass is 392 g/mol. The minimum absolute atomic E-state index is 0.0262. The van der Waals surface area contributed by atoms with Crippen LogP contribution in [-0.4, -0.2) is 33.5 Å². The van der Waals surface area contributed by atoms with Gasteiger partial charge in [0.1, 0.15) is 0 Å². The molecule has 29 heavy (non-hydrogen) atoms. The number of pyridine rings is 2. The number of methoxy groups -OCH3 is 1. The van der Waals surface area contributed by atoms with Crippen LogP contribution in [0.1, 0.15) is 42.1 Å². The summed E-state index contributed by atoms with van der Waals surface area (Å²) in [6, 6.07) is 5.38. The van der Waals surface area contributed by atoms with Crippen molar-refractivity contribution in [2.24, 2.45) is 5.92 Å². The highest BCUT2D eigenvalue weighted by atomic mass is 16.5. The van der Waals surface area contributed by atoms with Gasteiger partial charge in [0.05, 0.1) is 18.2 Å². The number of nitrogens with one attached hydrogen (secondary N) is 2. The average molecular weight is 392 g/mol. The first-order chi connectivity index (χ1) is 14.0. The molecule has 2 N–H and O–H groups in total. The Morgan fingerprint density at radius 2 is 2.03 bits per heavy atom. The molecule has 0 aromatic carbocycles. The van der Waals surface area contributed by atoms with Gasteiger partial charge in [-0.25, -0.2) is 9.78 Å². The van der Waals surface area contributed by atoms with Gasteiger partial charge in [0, 0.05) is 47.1 Å². The van der Waals surface area contributed by atoms with Gasteiger partial charge < -0.3 is 19.6 Å². The molecule has 0 bridgehead atoms. The Hall–Kier alpha value is -3.42. The maximum atomic E-state index is 12.2. The number of nitrogens with zero attached hydrogens (tertiary/aromatic N) is 2. The van der Waals surface area contributed by atoms with Crippen LogP contribution in [0.15, 0.2) is 35.4 Å². The van der Waals surface area contributed by atoms with Crippen molar-refractivity contribution in [3.63, 3.8) is 0 Å². The summed E-state index contributed by atoms with van der Waals surface area (Å²) in [6.45, 7) is 0. The fraction of sp³-hybridized carbons (Fsp3) is 0.333. The number of rotatable bonds is 5. The van der Waals surface area contributed by atoms with Crippen molar-refractivity contribution in [2.45, 2.75) is 31.7 Å². The predicted octanol–water partition coefficient (Wildman–Crippen LogP) is 2.86. The third-order valence-corrected chi connectivity index (χ3v) is 5.45. The van der Waals surface area contributed by atoms with Gasteiger partial charge in [0.25, 0.3) is 5.56 Å². The van der Waals surface area contributed by atoms with E-state index in [1.54, 1.807) is 16.7 Å². The maximum Gasteiger partial charge on any atom is 0.340 e. The van der Waals surface area contributed by atoms with Crippen molar-refractivity contribution in [3.05, 3.63) is 46.5 Å². The maximum absolute atomic E-state index is 12.2. The molecule has 0 aliphatic heterocycles. The third-order valence-electron chi connectivity index (χ3n) is 5.45. The van der Waals surface area contributed by atoms with Gasteiger partial charge in [-0.1, -0.05) is 0 Å². The van der Waals surface area contributed by atoms with Gasteiger partial charge in [-0.2, -0.15) is 0 Å². The standard InChI is InChI=1S/C21H20N4O4/c1-29-21(28)15-9-22-19(24-20(27)11-2-3-11)18-14(15)8-16(23-18)12-4-7-17(26)25(10-12)13-5-6-13/h4,7-11,13,23H,2-3,5-6H2,1H3,(H,22,24,27). The number of ether oxygens (including phenoxy) is 1. The molecule has 1 amide bonds. The molecule has 0 saturated heterocycles. The second-order valence-electron chi connectivity index (χ2n) is 7.64. The summed E-state index contributed by atoms with van der Waals surface area (Å²) >= 11 is 0. The number of aromatic amines is 1. The topological polar surface area (TPSA) is 106 Å². The van der Waals surface area contributed by atoms with Crippen LogP contribution in [-0.2, 0) is 9.53 Å². The summed E-state index contributed by atoms with van der Waals surface area (Å²) in [5.41, 5.74) is 2.39. The SMILES string of the molecule is COC(=O)c1cnc(NC(=O)C2CC2)c2[nH]c(-c3ccc(=O)n(C4CC4)c3)cc12. The highest BCUT2D eigenvalue weighted by Gasteiger charge is 2.31. The van der Waals surface area contributed by atoms with E-state index in [0.717, 1.165) is 36.9 Å². The Bertz CT molecular complexity index is 1200. The number of carbonyl (C=O) groups excluding carboxylic acids is 2. The van der Waals surface area contributed by atoms with Crippen molar-refractivity contribution >= 4 is 28.6 Å². The van der Waals surface area contributed by atoms with Crippen molar-refractivity contribution in [2.75, 3.05) is 12.4 Å². The molecule has 8 nitrogen and oxygen atoms in total. The van der Waals surface area contributed by atoms with E-state index in [4.69, 9.17) is 4.74 Å². The molecule has 5 rings (SSSR count). The molecule has 0 unspecified atom stereocenters. The Kier molecular flexibility index (Phi) is 4.01. The fourth-order valence-electron chi connectivity index (χ4n) is 3.51. The number of H-pyrrole nitrogens is 1. The van der Waals surface area contributed by atoms with Crippen LogP contribution in [0.2, 0.25) is 0 Å². The summed E-state index contributed by atoms with van der Waals surface area (Å²) in [7, 11) is 1.32. The zero-order valence-corrected chi connectivity index (χ0v) is 15.9. The van der Waals surface area contributed by atoms with E-state index in [1.807, 2.05) is 12.3 Å². The summed E-state index contributed by atoms with van der Waals surface area (Å²) in [5, 5.41) is 3.46. The van der Waals surface area contributed by atoms with Gasteiger partial charge in [-0.3, -0.25) is 9.59 Å². The van der Waals surface area contributed by atoms with Gasteiger partial charge in [-0.15, -0.1) is 0 Å². The first-order valence-corrected chi connectivity index (χ1v) is 9.68. The van der Waals surface area contributed by atoms with E-state index < -0.39 is 5.97 Å². The quantitative estimate of drug-likeness (QED) is 0.650. The Balaban J connectivity index is 1.63. The Morgan fingerprint density at radius 1 is 1.24 bits per heavy atom. The van der Waals surface area contributed by atoms with E-state index in [1.165, 1.54) is 13.3 Å². The second-order valence-corrected chi connectivity index (χ2v) is 7.64. The zero-order valence-electron chi connectivity index (χ0n) is 15.9. The molecule has 2 fully saturated rings. The van der Waals surface area contributed by atoms with Gasteiger partial charge >= 0.3 is 5.97 Å². The van der Waals surface area contributed by atoms with Crippen LogP contribution in [0.25, 0.3) is 22.2 Å². The number of hydrogen-bond donors (Lipinski definition) is 2. The molecule has 148 valence electrons. The molecule has 2 saturated carbocycles. The molecule has 2 aliphatic rings. The first kappa shape index (κ1) is 17.7. The number of anilines is 1. The lowest BCUT2D eigenvalue weighted by Gasteiger charge is -2.07. The normalized spacial score (nSPS) is 16.0. The summed E-state index contributed by atoms with van der Waals surface area (Å²) < 4.78 is 6.62. The van der Waals surface area contributed by atoms with Crippen molar-refractivity contribution in [3.8, 4) is 11.3 Å². The first-order valence-electron chi connectivity index (χ1n) is 9.68. The molecule has 2 aliphatic carbocycles. The highest BCUT2D eigenvalue weighted by molar-refractivity contribution is 6.09. The molecule has 8 heteroatoms. The van der Waals surface area contributed by atoms with Gasteiger partial charge in [0.15, 0.2) is 5.82 Å². The van der Waals surface area contributed by atoms with E-state index >= 15 is 0 Å². The molecule has 3 heterocycles. The lowest BCUT2D eigenvalue weighted by molar-refractivity contribution is -0.117. The second kappa shape index (κ2) is 6.58. The molecule has 0 spiro atoms. The lowest BCUT2D eigenvalue weighted by Crippen LogP contribution is -2.17. The molecule has 3 aromatic rings. The number of aromatic nitrogens is 3.